The average molecular weight is 310 g/mol. The summed E-state index contributed by atoms with van der Waals surface area (Å²) in [6.45, 7) is 0. The Hall–Kier alpha value is -2.57. The third kappa shape index (κ3) is 1.93. The van der Waals surface area contributed by atoms with Gasteiger partial charge in [-0.15, -0.1) is 0 Å². The number of nitrogens with zero attached hydrogens (tertiary/aromatic N) is 2. The standard InChI is InChI=1S/C16H10N2O3S/c19-22(20,21)16-15-13-8-11-4-2-1-3-10(11)7-12(13)5-6-14(15)17-9-18-16/h1-9H,(H,19,20,21). The van der Waals surface area contributed by atoms with Crippen LogP contribution in [-0.4, -0.2) is 22.9 Å². The average Bonchev–Trinajstić information content (AvgIpc) is 2.51. The highest BCUT2D eigenvalue weighted by molar-refractivity contribution is 7.86. The molecule has 0 fully saturated rings. The van der Waals surface area contributed by atoms with Crippen LogP contribution in [0.25, 0.3) is 32.4 Å². The van der Waals surface area contributed by atoms with Crippen LogP contribution < -0.4 is 0 Å². The van der Waals surface area contributed by atoms with Gasteiger partial charge in [-0.25, -0.2) is 9.97 Å². The van der Waals surface area contributed by atoms with Gasteiger partial charge in [-0.3, -0.25) is 4.55 Å². The topological polar surface area (TPSA) is 80.2 Å². The first-order chi connectivity index (χ1) is 10.5. The Morgan fingerprint density at radius 1 is 0.864 bits per heavy atom. The summed E-state index contributed by atoms with van der Waals surface area (Å²) in [4.78, 5) is 7.86. The molecule has 4 aromatic rings. The quantitative estimate of drug-likeness (QED) is 0.253. The second-order valence-corrected chi connectivity index (χ2v) is 6.37. The molecule has 0 radical (unpaired) electrons. The monoisotopic (exact) mass is 310 g/mol. The van der Waals surface area contributed by atoms with Gasteiger partial charge in [-0.1, -0.05) is 30.3 Å². The van der Waals surface area contributed by atoms with Crippen molar-refractivity contribution in [3.63, 3.8) is 0 Å². The van der Waals surface area contributed by atoms with Crippen LogP contribution in [0.15, 0.2) is 59.9 Å². The van der Waals surface area contributed by atoms with E-state index in [1.807, 2.05) is 42.5 Å². The van der Waals surface area contributed by atoms with Gasteiger partial charge >= 0.3 is 10.1 Å². The zero-order valence-corrected chi connectivity index (χ0v) is 12.1. The van der Waals surface area contributed by atoms with Crippen LogP contribution in [0.3, 0.4) is 0 Å². The van der Waals surface area contributed by atoms with Crippen molar-refractivity contribution in [2.24, 2.45) is 0 Å². The Kier molecular flexibility index (Phi) is 2.66. The summed E-state index contributed by atoms with van der Waals surface area (Å²) < 4.78 is 32.7. The first kappa shape index (κ1) is 13.1. The number of fused-ring (bicyclic) bond motifs is 4. The zero-order valence-electron chi connectivity index (χ0n) is 11.3. The van der Waals surface area contributed by atoms with E-state index in [1.165, 1.54) is 0 Å². The van der Waals surface area contributed by atoms with Gasteiger partial charge in [0.25, 0.3) is 0 Å². The largest absolute Gasteiger partial charge is 0.312 e. The van der Waals surface area contributed by atoms with Crippen molar-refractivity contribution >= 4 is 42.6 Å². The number of aromatic nitrogens is 2. The number of hydrogen-bond acceptors (Lipinski definition) is 4. The fourth-order valence-corrected chi connectivity index (χ4v) is 3.39. The van der Waals surface area contributed by atoms with Crippen molar-refractivity contribution in [2.45, 2.75) is 5.03 Å². The Bertz CT molecular complexity index is 1150. The smallest absolute Gasteiger partial charge is 0.281 e. The number of rotatable bonds is 1. The van der Waals surface area contributed by atoms with Crippen molar-refractivity contribution in [1.29, 1.82) is 0 Å². The van der Waals surface area contributed by atoms with Crippen LogP contribution in [0.1, 0.15) is 0 Å². The third-order valence-corrected chi connectivity index (χ3v) is 4.49. The summed E-state index contributed by atoms with van der Waals surface area (Å²) in [7, 11) is -4.43. The fourth-order valence-electron chi connectivity index (χ4n) is 2.74. The van der Waals surface area contributed by atoms with E-state index >= 15 is 0 Å². The molecule has 3 aromatic carbocycles. The third-order valence-electron chi connectivity index (χ3n) is 3.69. The first-order valence-corrected chi connectivity index (χ1v) is 8.02. The van der Waals surface area contributed by atoms with Crippen LogP contribution in [0.4, 0.5) is 0 Å². The maximum absolute atomic E-state index is 11.6. The lowest BCUT2D eigenvalue weighted by Crippen LogP contribution is -2.03. The molecule has 0 unspecified atom stereocenters. The van der Waals surface area contributed by atoms with Crippen molar-refractivity contribution in [1.82, 2.24) is 9.97 Å². The Balaban J connectivity index is 2.29. The molecule has 0 saturated carbocycles. The molecular weight excluding hydrogens is 300 g/mol. The van der Waals surface area contributed by atoms with Crippen molar-refractivity contribution in [2.75, 3.05) is 0 Å². The predicted molar refractivity (Wildman–Crippen MR) is 84.4 cm³/mol. The lowest BCUT2D eigenvalue weighted by molar-refractivity contribution is 0.480. The highest BCUT2D eigenvalue weighted by Crippen LogP contribution is 2.31. The highest BCUT2D eigenvalue weighted by atomic mass is 32.2. The van der Waals surface area contributed by atoms with Gasteiger partial charge in [0.05, 0.1) is 5.52 Å². The number of benzene rings is 3. The number of hydrogen-bond donors (Lipinski definition) is 1. The van der Waals surface area contributed by atoms with Crippen molar-refractivity contribution in [3.8, 4) is 0 Å². The van der Waals surface area contributed by atoms with Gasteiger partial charge < -0.3 is 0 Å². The Labute approximate surface area is 126 Å². The fraction of sp³-hybridized carbons (Fsp3) is 0. The maximum Gasteiger partial charge on any atom is 0.312 e. The molecule has 4 rings (SSSR count). The lowest BCUT2D eigenvalue weighted by atomic mass is 10.0. The van der Waals surface area contributed by atoms with Gasteiger partial charge in [0, 0.05) is 5.39 Å². The zero-order chi connectivity index (χ0) is 15.3. The SMILES string of the molecule is O=S(=O)(O)c1ncnc2ccc3cc4ccccc4cc3c12. The maximum atomic E-state index is 11.6. The van der Waals surface area contributed by atoms with E-state index in [2.05, 4.69) is 9.97 Å². The molecular formula is C16H10N2O3S. The molecule has 1 N–H and O–H groups in total. The van der Waals surface area contributed by atoms with E-state index in [1.54, 1.807) is 6.07 Å². The van der Waals surface area contributed by atoms with Gasteiger partial charge in [0.1, 0.15) is 6.33 Å². The summed E-state index contributed by atoms with van der Waals surface area (Å²) >= 11 is 0. The molecule has 0 aliphatic heterocycles. The predicted octanol–water partition coefficient (Wildman–Crippen LogP) is 3.18. The molecule has 0 saturated heterocycles. The van der Waals surface area contributed by atoms with Gasteiger partial charge in [0.2, 0.25) is 0 Å². The van der Waals surface area contributed by atoms with Crippen LogP contribution in [-0.2, 0) is 10.1 Å². The first-order valence-electron chi connectivity index (χ1n) is 6.58. The molecule has 1 aromatic heterocycles. The molecule has 0 atom stereocenters. The molecule has 6 heteroatoms. The van der Waals surface area contributed by atoms with E-state index in [-0.39, 0.29) is 5.03 Å². The lowest BCUT2D eigenvalue weighted by Gasteiger charge is -2.08. The molecule has 1 heterocycles. The molecule has 5 nitrogen and oxygen atoms in total. The summed E-state index contributed by atoms with van der Waals surface area (Å²) in [5.74, 6) is 0. The molecule has 0 aliphatic rings. The van der Waals surface area contributed by atoms with Gasteiger partial charge in [0.15, 0.2) is 5.03 Å². The van der Waals surface area contributed by atoms with Crippen LogP contribution in [0.5, 0.6) is 0 Å². The summed E-state index contributed by atoms with van der Waals surface area (Å²) in [6, 6.07) is 15.3. The summed E-state index contributed by atoms with van der Waals surface area (Å²) in [5, 5.41) is 3.58. The molecule has 0 aliphatic carbocycles. The molecule has 108 valence electrons. The molecule has 0 spiro atoms. The Morgan fingerprint density at radius 2 is 1.59 bits per heavy atom. The minimum Gasteiger partial charge on any atom is -0.281 e. The van der Waals surface area contributed by atoms with Crippen LogP contribution in [0.2, 0.25) is 0 Å². The normalized spacial score (nSPS) is 12.2. The highest BCUT2D eigenvalue weighted by Gasteiger charge is 2.18. The van der Waals surface area contributed by atoms with E-state index < -0.39 is 10.1 Å². The second-order valence-electron chi connectivity index (χ2n) is 5.03. The minimum absolute atomic E-state index is 0.341. The van der Waals surface area contributed by atoms with Gasteiger partial charge in [-0.05, 0) is 39.7 Å². The van der Waals surface area contributed by atoms with E-state index in [4.69, 9.17) is 0 Å². The molecule has 0 amide bonds. The minimum atomic E-state index is -4.43. The van der Waals surface area contributed by atoms with Crippen LogP contribution in [0, 0.1) is 0 Å². The summed E-state index contributed by atoms with van der Waals surface area (Å²) in [5.41, 5.74) is 0.477. The molecule has 22 heavy (non-hydrogen) atoms. The van der Waals surface area contributed by atoms with Crippen molar-refractivity contribution in [3.05, 3.63) is 54.9 Å². The summed E-state index contributed by atoms with van der Waals surface area (Å²) in [6.07, 6.45) is 1.14. The van der Waals surface area contributed by atoms with E-state index in [0.29, 0.717) is 16.3 Å². The van der Waals surface area contributed by atoms with Crippen molar-refractivity contribution < 1.29 is 13.0 Å². The van der Waals surface area contributed by atoms with Gasteiger partial charge in [-0.2, -0.15) is 8.42 Å². The molecule has 0 bridgehead atoms. The second kappa shape index (κ2) is 4.46. The van der Waals surface area contributed by atoms with E-state index in [9.17, 15) is 13.0 Å². The Morgan fingerprint density at radius 3 is 2.32 bits per heavy atom. The van der Waals surface area contributed by atoms with Crippen LogP contribution >= 0.6 is 0 Å². The van der Waals surface area contributed by atoms with E-state index in [0.717, 1.165) is 22.5 Å².